The summed E-state index contributed by atoms with van der Waals surface area (Å²) < 4.78 is 2.11. The van der Waals surface area contributed by atoms with Crippen molar-refractivity contribution in [2.45, 2.75) is 18.9 Å². The van der Waals surface area contributed by atoms with Gasteiger partial charge in [0.2, 0.25) is 0 Å². The third kappa shape index (κ3) is 1.45. The average molecular weight is 212 g/mol. The molecule has 0 amide bonds. The Morgan fingerprint density at radius 3 is 2.62 bits per heavy atom. The number of ketones is 1. The molecule has 3 nitrogen and oxygen atoms in total. The minimum atomic E-state index is 0.310. The van der Waals surface area contributed by atoms with E-state index in [1.165, 1.54) is 0 Å². The molecule has 3 rings (SSSR count). The normalized spacial score (nSPS) is 16.1. The molecular weight excluding hydrogens is 200 g/mol. The molecule has 1 aromatic heterocycles. The van der Waals surface area contributed by atoms with Gasteiger partial charge >= 0.3 is 0 Å². The molecule has 0 unspecified atom stereocenters. The molecule has 0 bridgehead atoms. The van der Waals surface area contributed by atoms with Crippen molar-refractivity contribution in [3.8, 4) is 11.3 Å². The maximum absolute atomic E-state index is 11.0. The summed E-state index contributed by atoms with van der Waals surface area (Å²) in [4.78, 5) is 15.2. The van der Waals surface area contributed by atoms with Gasteiger partial charge in [0.15, 0.2) is 0 Å². The molecule has 0 N–H and O–H groups in total. The zero-order chi connectivity index (χ0) is 11.0. The third-order valence-corrected chi connectivity index (χ3v) is 3.06. The molecule has 0 radical (unpaired) electrons. The van der Waals surface area contributed by atoms with Gasteiger partial charge in [0, 0.05) is 18.9 Å². The first-order valence-electron chi connectivity index (χ1n) is 5.43. The molecule has 1 saturated carbocycles. The number of imidazole rings is 1. The Morgan fingerprint density at radius 1 is 1.19 bits per heavy atom. The van der Waals surface area contributed by atoms with Gasteiger partial charge in [0.05, 0.1) is 18.2 Å². The summed E-state index contributed by atoms with van der Waals surface area (Å²) in [7, 11) is 0. The second kappa shape index (κ2) is 3.59. The van der Waals surface area contributed by atoms with Gasteiger partial charge in [-0.2, -0.15) is 0 Å². The second-order valence-corrected chi connectivity index (χ2v) is 4.15. The molecular formula is C13H12N2O. The third-order valence-electron chi connectivity index (χ3n) is 3.06. The Bertz CT molecular complexity index is 508. The van der Waals surface area contributed by atoms with Gasteiger partial charge in [0.25, 0.3) is 0 Å². The Hall–Kier alpha value is -1.90. The lowest BCUT2D eigenvalue weighted by atomic mass is 9.91. The minimum absolute atomic E-state index is 0.310. The van der Waals surface area contributed by atoms with Crippen LogP contribution < -0.4 is 0 Å². The van der Waals surface area contributed by atoms with Gasteiger partial charge < -0.3 is 4.57 Å². The number of rotatable bonds is 2. The number of hydrogen-bond acceptors (Lipinski definition) is 2. The van der Waals surface area contributed by atoms with E-state index in [9.17, 15) is 4.79 Å². The predicted octanol–water partition coefficient (Wildman–Crippen LogP) is 2.45. The molecule has 80 valence electrons. The van der Waals surface area contributed by atoms with E-state index >= 15 is 0 Å². The highest BCUT2D eigenvalue weighted by Gasteiger charge is 2.29. The summed E-state index contributed by atoms with van der Waals surface area (Å²) in [6, 6.07) is 10.5. The summed E-state index contributed by atoms with van der Waals surface area (Å²) in [6.07, 6.45) is 4.98. The standard InChI is InChI=1S/C13H12N2O/c16-12-6-11(7-12)15-9-14-8-13(15)10-4-2-1-3-5-10/h1-5,8-9,11H,6-7H2. The van der Waals surface area contributed by atoms with Gasteiger partial charge in [-0.05, 0) is 5.56 Å². The fourth-order valence-corrected chi connectivity index (χ4v) is 2.09. The molecule has 0 spiro atoms. The summed E-state index contributed by atoms with van der Waals surface area (Å²) in [5.74, 6) is 0.345. The molecule has 1 aliphatic rings. The SMILES string of the molecule is O=C1CC(n2cncc2-c2ccccc2)C1. The summed E-state index contributed by atoms with van der Waals surface area (Å²) in [5, 5.41) is 0. The summed E-state index contributed by atoms with van der Waals surface area (Å²) in [5.41, 5.74) is 2.25. The molecule has 1 aliphatic carbocycles. The summed E-state index contributed by atoms with van der Waals surface area (Å²) in [6.45, 7) is 0. The van der Waals surface area contributed by atoms with Crippen LogP contribution in [0.3, 0.4) is 0 Å². The van der Waals surface area contributed by atoms with Crippen LogP contribution in [0.5, 0.6) is 0 Å². The van der Waals surface area contributed by atoms with Gasteiger partial charge in [0.1, 0.15) is 5.78 Å². The average Bonchev–Trinajstić information content (AvgIpc) is 2.74. The first kappa shape index (κ1) is 9.33. The lowest BCUT2D eigenvalue weighted by molar-refractivity contribution is -0.126. The predicted molar refractivity (Wildman–Crippen MR) is 60.9 cm³/mol. The molecule has 1 fully saturated rings. The number of benzene rings is 1. The van der Waals surface area contributed by atoms with Crippen LogP contribution in [-0.4, -0.2) is 15.3 Å². The Balaban J connectivity index is 1.97. The van der Waals surface area contributed by atoms with Crippen LogP contribution in [0.2, 0.25) is 0 Å². The van der Waals surface area contributed by atoms with Crippen molar-refractivity contribution in [1.82, 2.24) is 9.55 Å². The highest BCUT2D eigenvalue weighted by molar-refractivity contribution is 5.85. The van der Waals surface area contributed by atoms with E-state index in [1.54, 1.807) is 0 Å². The molecule has 0 atom stereocenters. The van der Waals surface area contributed by atoms with Crippen LogP contribution in [-0.2, 0) is 4.79 Å². The lowest BCUT2D eigenvalue weighted by Crippen LogP contribution is -2.26. The topological polar surface area (TPSA) is 34.9 Å². The van der Waals surface area contributed by atoms with Gasteiger partial charge in [-0.15, -0.1) is 0 Å². The van der Waals surface area contributed by atoms with E-state index in [0.29, 0.717) is 24.7 Å². The monoisotopic (exact) mass is 212 g/mol. The number of hydrogen-bond donors (Lipinski definition) is 0. The van der Waals surface area contributed by atoms with E-state index in [4.69, 9.17) is 0 Å². The Labute approximate surface area is 93.7 Å². The highest BCUT2D eigenvalue weighted by atomic mass is 16.1. The van der Waals surface area contributed by atoms with Crippen molar-refractivity contribution in [2.24, 2.45) is 0 Å². The van der Waals surface area contributed by atoms with Crippen molar-refractivity contribution in [3.63, 3.8) is 0 Å². The fourth-order valence-electron chi connectivity index (χ4n) is 2.09. The Kier molecular flexibility index (Phi) is 2.10. The maximum atomic E-state index is 11.0. The number of nitrogens with zero attached hydrogens (tertiary/aromatic N) is 2. The first-order chi connectivity index (χ1) is 7.84. The minimum Gasteiger partial charge on any atom is -0.327 e. The smallest absolute Gasteiger partial charge is 0.137 e. The van der Waals surface area contributed by atoms with Crippen LogP contribution in [0.25, 0.3) is 11.3 Å². The number of carbonyl (C=O) groups is 1. The number of Topliss-reactive ketones (excluding diaryl/α,β-unsaturated/α-hetero) is 1. The zero-order valence-electron chi connectivity index (χ0n) is 8.84. The largest absolute Gasteiger partial charge is 0.327 e. The molecule has 2 aromatic rings. The molecule has 0 aliphatic heterocycles. The van der Waals surface area contributed by atoms with Crippen molar-refractivity contribution >= 4 is 5.78 Å². The van der Waals surface area contributed by atoms with E-state index in [2.05, 4.69) is 21.7 Å². The summed E-state index contributed by atoms with van der Waals surface area (Å²) >= 11 is 0. The molecule has 3 heteroatoms. The van der Waals surface area contributed by atoms with Gasteiger partial charge in [-0.25, -0.2) is 4.98 Å². The van der Waals surface area contributed by atoms with Crippen LogP contribution in [0.15, 0.2) is 42.9 Å². The number of aromatic nitrogens is 2. The highest BCUT2D eigenvalue weighted by Crippen LogP contribution is 2.32. The van der Waals surface area contributed by atoms with E-state index in [1.807, 2.05) is 30.7 Å². The van der Waals surface area contributed by atoms with Gasteiger partial charge in [-0.1, -0.05) is 30.3 Å². The Morgan fingerprint density at radius 2 is 1.94 bits per heavy atom. The zero-order valence-corrected chi connectivity index (χ0v) is 8.84. The van der Waals surface area contributed by atoms with E-state index in [0.717, 1.165) is 11.3 Å². The first-order valence-corrected chi connectivity index (χ1v) is 5.43. The molecule has 16 heavy (non-hydrogen) atoms. The van der Waals surface area contributed by atoms with Crippen molar-refractivity contribution in [1.29, 1.82) is 0 Å². The van der Waals surface area contributed by atoms with Crippen LogP contribution >= 0.6 is 0 Å². The molecule has 1 aromatic carbocycles. The van der Waals surface area contributed by atoms with Crippen LogP contribution in [0.4, 0.5) is 0 Å². The molecule has 1 heterocycles. The van der Waals surface area contributed by atoms with E-state index < -0.39 is 0 Å². The lowest BCUT2D eigenvalue weighted by Gasteiger charge is -2.27. The molecule has 0 saturated heterocycles. The van der Waals surface area contributed by atoms with Gasteiger partial charge in [-0.3, -0.25) is 4.79 Å². The van der Waals surface area contributed by atoms with Crippen LogP contribution in [0, 0.1) is 0 Å². The maximum Gasteiger partial charge on any atom is 0.137 e. The quantitative estimate of drug-likeness (QED) is 0.766. The van der Waals surface area contributed by atoms with Crippen molar-refractivity contribution in [3.05, 3.63) is 42.9 Å². The van der Waals surface area contributed by atoms with Crippen molar-refractivity contribution < 1.29 is 4.79 Å². The number of carbonyl (C=O) groups excluding carboxylic acids is 1. The van der Waals surface area contributed by atoms with Crippen LogP contribution in [0.1, 0.15) is 18.9 Å². The fraction of sp³-hybridized carbons (Fsp3) is 0.231. The van der Waals surface area contributed by atoms with E-state index in [-0.39, 0.29) is 0 Å². The second-order valence-electron chi connectivity index (χ2n) is 4.15. The van der Waals surface area contributed by atoms with Crippen molar-refractivity contribution in [2.75, 3.05) is 0 Å².